The van der Waals surface area contributed by atoms with Crippen LogP contribution in [0.4, 0.5) is 0 Å². The highest BCUT2D eigenvalue weighted by atomic mass is 16.3. The van der Waals surface area contributed by atoms with Crippen molar-refractivity contribution in [1.82, 2.24) is 9.78 Å². The second-order valence-corrected chi connectivity index (χ2v) is 3.78. The van der Waals surface area contributed by atoms with Gasteiger partial charge in [0.25, 0.3) is 0 Å². The largest absolute Gasteiger partial charge is 0.386 e. The molecule has 0 saturated heterocycles. The highest BCUT2D eigenvalue weighted by molar-refractivity contribution is 5.18. The number of aromatic nitrogens is 2. The molecule has 0 aliphatic carbocycles. The first-order valence-electron chi connectivity index (χ1n) is 5.55. The van der Waals surface area contributed by atoms with Crippen molar-refractivity contribution in [3.8, 4) is 0 Å². The number of aryl methyl sites for hydroxylation is 1. The molecule has 1 atom stereocenters. The van der Waals surface area contributed by atoms with E-state index in [0.717, 1.165) is 17.8 Å². The molecule has 0 radical (unpaired) electrons. The third-order valence-electron chi connectivity index (χ3n) is 2.66. The second kappa shape index (κ2) is 4.94. The molecule has 0 aliphatic heterocycles. The van der Waals surface area contributed by atoms with Crippen LogP contribution >= 0.6 is 0 Å². The van der Waals surface area contributed by atoms with Crippen molar-refractivity contribution >= 4 is 0 Å². The molecule has 3 heteroatoms. The van der Waals surface area contributed by atoms with Crippen molar-refractivity contribution in [1.29, 1.82) is 0 Å². The van der Waals surface area contributed by atoms with Crippen LogP contribution in [0.5, 0.6) is 0 Å². The van der Waals surface area contributed by atoms with Crippen LogP contribution < -0.4 is 0 Å². The van der Waals surface area contributed by atoms with Gasteiger partial charge < -0.3 is 5.11 Å². The van der Waals surface area contributed by atoms with Crippen LogP contribution in [-0.2, 0) is 13.0 Å². The van der Waals surface area contributed by atoms with Crippen LogP contribution in [0.25, 0.3) is 0 Å². The van der Waals surface area contributed by atoms with Crippen molar-refractivity contribution in [3.63, 3.8) is 0 Å². The molecule has 1 aromatic heterocycles. The van der Waals surface area contributed by atoms with E-state index in [9.17, 15) is 5.11 Å². The fraction of sp³-hybridized carbons (Fsp3) is 0.308. The van der Waals surface area contributed by atoms with Crippen molar-refractivity contribution in [2.24, 2.45) is 0 Å². The maximum absolute atomic E-state index is 10.1. The van der Waals surface area contributed by atoms with Gasteiger partial charge in [0.05, 0.1) is 11.8 Å². The van der Waals surface area contributed by atoms with Crippen LogP contribution in [0, 0.1) is 0 Å². The number of hydrogen-bond donors (Lipinski definition) is 1. The Kier molecular flexibility index (Phi) is 3.37. The molecule has 1 heterocycles. The number of nitrogens with zero attached hydrogens (tertiary/aromatic N) is 2. The van der Waals surface area contributed by atoms with E-state index < -0.39 is 6.10 Å². The summed E-state index contributed by atoms with van der Waals surface area (Å²) in [5.41, 5.74) is 2.02. The van der Waals surface area contributed by atoms with Gasteiger partial charge in [0, 0.05) is 19.2 Å². The molecule has 2 aromatic rings. The Labute approximate surface area is 95.3 Å². The normalized spacial score (nSPS) is 12.6. The highest BCUT2D eigenvalue weighted by Gasteiger charge is 2.12. The molecule has 0 saturated carbocycles. The van der Waals surface area contributed by atoms with Crippen molar-refractivity contribution in [3.05, 3.63) is 53.9 Å². The van der Waals surface area contributed by atoms with E-state index in [4.69, 9.17) is 0 Å². The first-order valence-corrected chi connectivity index (χ1v) is 5.55. The van der Waals surface area contributed by atoms with Crippen molar-refractivity contribution < 1.29 is 5.11 Å². The third kappa shape index (κ3) is 2.31. The molecule has 16 heavy (non-hydrogen) atoms. The molecule has 0 aliphatic rings. The Bertz CT molecular complexity index is 436. The van der Waals surface area contributed by atoms with E-state index in [1.54, 1.807) is 6.20 Å². The number of hydrogen-bond acceptors (Lipinski definition) is 2. The Balaban J connectivity index is 2.11. The number of benzene rings is 1. The molecular formula is C13H16N2O. The van der Waals surface area contributed by atoms with E-state index in [1.807, 2.05) is 48.0 Å². The predicted octanol–water partition coefficient (Wildman–Crippen LogP) is 2.18. The molecule has 1 unspecified atom stereocenters. The van der Waals surface area contributed by atoms with Gasteiger partial charge in [-0.1, -0.05) is 30.3 Å². The van der Waals surface area contributed by atoms with Crippen LogP contribution in [0.1, 0.15) is 24.3 Å². The lowest BCUT2D eigenvalue weighted by Gasteiger charge is -2.12. The van der Waals surface area contributed by atoms with Crippen molar-refractivity contribution in [2.75, 3.05) is 0 Å². The lowest BCUT2D eigenvalue weighted by molar-refractivity contribution is 0.167. The smallest absolute Gasteiger partial charge is 0.0996 e. The van der Waals surface area contributed by atoms with Crippen LogP contribution in [0.15, 0.2) is 42.6 Å². The molecular weight excluding hydrogens is 200 g/mol. The standard InChI is InChI=1S/C13H16N2O/c1-2-15-12(8-9-14-15)13(16)10-11-6-4-3-5-7-11/h3-9,13,16H,2,10H2,1H3. The molecule has 0 bridgehead atoms. The van der Waals surface area contributed by atoms with Gasteiger partial charge >= 0.3 is 0 Å². The minimum absolute atomic E-state index is 0.482. The summed E-state index contributed by atoms with van der Waals surface area (Å²) in [6.45, 7) is 2.81. The average Bonchev–Trinajstić information content (AvgIpc) is 2.78. The Morgan fingerprint density at radius 2 is 2.00 bits per heavy atom. The van der Waals surface area contributed by atoms with Crippen molar-refractivity contribution in [2.45, 2.75) is 26.0 Å². The zero-order valence-corrected chi connectivity index (χ0v) is 9.37. The van der Waals surface area contributed by atoms with E-state index in [2.05, 4.69) is 5.10 Å². The molecule has 0 amide bonds. The highest BCUT2D eigenvalue weighted by Crippen LogP contribution is 2.17. The Hall–Kier alpha value is -1.61. The molecule has 1 aromatic carbocycles. The van der Waals surface area contributed by atoms with Crippen LogP contribution in [0.3, 0.4) is 0 Å². The van der Waals surface area contributed by atoms with Crippen LogP contribution in [-0.4, -0.2) is 14.9 Å². The zero-order valence-electron chi connectivity index (χ0n) is 9.37. The van der Waals surface area contributed by atoms with E-state index in [1.165, 1.54) is 0 Å². The van der Waals surface area contributed by atoms with E-state index in [0.29, 0.717) is 6.42 Å². The maximum Gasteiger partial charge on any atom is 0.0996 e. The number of aliphatic hydroxyl groups excluding tert-OH is 1. The third-order valence-corrected chi connectivity index (χ3v) is 2.66. The summed E-state index contributed by atoms with van der Waals surface area (Å²) in [5, 5.41) is 14.3. The molecule has 2 rings (SSSR count). The van der Waals surface area contributed by atoms with Crippen LogP contribution in [0.2, 0.25) is 0 Å². The number of aliphatic hydroxyl groups is 1. The Morgan fingerprint density at radius 1 is 1.25 bits per heavy atom. The summed E-state index contributed by atoms with van der Waals surface area (Å²) in [5.74, 6) is 0. The fourth-order valence-electron chi connectivity index (χ4n) is 1.83. The summed E-state index contributed by atoms with van der Waals surface area (Å²) in [7, 11) is 0. The zero-order chi connectivity index (χ0) is 11.4. The van der Waals surface area contributed by atoms with Gasteiger partial charge in [-0.2, -0.15) is 5.10 Å². The number of rotatable bonds is 4. The predicted molar refractivity (Wildman–Crippen MR) is 63.0 cm³/mol. The summed E-state index contributed by atoms with van der Waals surface area (Å²) in [4.78, 5) is 0. The minimum atomic E-state index is -0.482. The summed E-state index contributed by atoms with van der Waals surface area (Å²) in [6.07, 6.45) is 1.88. The lowest BCUT2D eigenvalue weighted by atomic mass is 10.1. The van der Waals surface area contributed by atoms with E-state index in [-0.39, 0.29) is 0 Å². The monoisotopic (exact) mass is 216 g/mol. The van der Waals surface area contributed by atoms with Gasteiger partial charge in [-0.25, -0.2) is 0 Å². The first kappa shape index (κ1) is 10.9. The van der Waals surface area contributed by atoms with Gasteiger partial charge in [-0.05, 0) is 18.6 Å². The minimum Gasteiger partial charge on any atom is -0.386 e. The summed E-state index contributed by atoms with van der Waals surface area (Å²) >= 11 is 0. The first-order chi connectivity index (χ1) is 7.81. The summed E-state index contributed by atoms with van der Waals surface area (Å²) < 4.78 is 1.83. The Morgan fingerprint density at radius 3 is 2.69 bits per heavy atom. The molecule has 84 valence electrons. The second-order valence-electron chi connectivity index (χ2n) is 3.78. The lowest BCUT2D eigenvalue weighted by Crippen LogP contribution is -2.10. The summed E-state index contributed by atoms with van der Waals surface area (Å²) in [6, 6.07) is 11.9. The SMILES string of the molecule is CCn1nccc1C(O)Cc1ccccc1. The fourth-order valence-corrected chi connectivity index (χ4v) is 1.83. The van der Waals surface area contributed by atoms with E-state index >= 15 is 0 Å². The average molecular weight is 216 g/mol. The maximum atomic E-state index is 10.1. The molecule has 1 N–H and O–H groups in total. The van der Waals surface area contributed by atoms with Gasteiger partial charge in [0.15, 0.2) is 0 Å². The molecule has 0 fully saturated rings. The molecule has 3 nitrogen and oxygen atoms in total. The van der Waals surface area contributed by atoms with Gasteiger partial charge in [0.2, 0.25) is 0 Å². The van der Waals surface area contributed by atoms with Gasteiger partial charge in [-0.3, -0.25) is 4.68 Å². The van der Waals surface area contributed by atoms with Gasteiger partial charge in [0.1, 0.15) is 0 Å². The van der Waals surface area contributed by atoms with Gasteiger partial charge in [-0.15, -0.1) is 0 Å². The topological polar surface area (TPSA) is 38.0 Å². The quantitative estimate of drug-likeness (QED) is 0.850. The molecule has 0 spiro atoms.